The van der Waals surface area contributed by atoms with Crippen molar-refractivity contribution in [3.8, 4) is 0 Å². The summed E-state index contributed by atoms with van der Waals surface area (Å²) in [6, 6.07) is 7.93. The molecule has 0 aliphatic heterocycles. The number of hydrogen-bond acceptors (Lipinski definition) is 2. The third-order valence-corrected chi connectivity index (χ3v) is 2.28. The Morgan fingerprint density at radius 2 is 1.80 bits per heavy atom. The quantitative estimate of drug-likeness (QED) is 0.705. The van der Waals surface area contributed by atoms with Crippen LogP contribution in [-0.2, 0) is 10.2 Å². The lowest BCUT2D eigenvalue weighted by molar-refractivity contribution is -0.569. The summed E-state index contributed by atoms with van der Waals surface area (Å²) in [4.78, 5) is 10.3. The molecule has 1 rings (SSSR count). The Bertz CT molecular complexity index is 336. The number of carbonyl (C=O) groups is 1. The summed E-state index contributed by atoms with van der Waals surface area (Å²) < 4.78 is 0. The molecular weight excluding hydrogens is 190 g/mol. The third kappa shape index (κ3) is 3.72. The second-order valence-corrected chi connectivity index (χ2v) is 4.65. The van der Waals surface area contributed by atoms with Crippen LogP contribution in [0.3, 0.4) is 0 Å². The number of carbonyl (C=O) groups excluding carboxylic acids is 1. The maximum atomic E-state index is 10.3. The van der Waals surface area contributed by atoms with Crippen LogP contribution in [0.4, 0.5) is 5.69 Å². The van der Waals surface area contributed by atoms with Gasteiger partial charge in [-0.1, -0.05) is 32.9 Å². The molecule has 0 amide bonds. The smallest absolute Gasteiger partial charge is 0.129 e. The topological polar surface area (TPSA) is 56.7 Å². The highest BCUT2D eigenvalue weighted by Gasteiger charge is 2.13. The summed E-state index contributed by atoms with van der Waals surface area (Å²) in [6.45, 7) is 6.40. The molecule has 0 atom stereocenters. The zero-order chi connectivity index (χ0) is 11.5. The molecular formula is C12H17NO2. The van der Waals surface area contributed by atoms with Crippen LogP contribution in [0.15, 0.2) is 24.3 Å². The van der Waals surface area contributed by atoms with E-state index < -0.39 is 5.97 Å². The highest BCUT2D eigenvalue weighted by Crippen LogP contribution is 2.22. The fraction of sp³-hybridized carbons (Fsp3) is 0.417. The molecule has 0 bridgehead atoms. The van der Waals surface area contributed by atoms with Crippen LogP contribution in [0.1, 0.15) is 26.3 Å². The predicted octanol–water partition coefficient (Wildman–Crippen LogP) is -0.0711. The van der Waals surface area contributed by atoms with Gasteiger partial charge >= 0.3 is 0 Å². The minimum atomic E-state index is -1.05. The van der Waals surface area contributed by atoms with Crippen molar-refractivity contribution >= 4 is 11.7 Å². The molecule has 15 heavy (non-hydrogen) atoms. The lowest BCUT2D eigenvalue weighted by atomic mass is 9.87. The van der Waals surface area contributed by atoms with Gasteiger partial charge in [0.25, 0.3) is 0 Å². The molecule has 0 aromatic heterocycles. The van der Waals surface area contributed by atoms with Crippen LogP contribution in [0.5, 0.6) is 0 Å². The third-order valence-electron chi connectivity index (χ3n) is 2.28. The molecule has 3 nitrogen and oxygen atoms in total. The summed E-state index contributed by atoms with van der Waals surface area (Å²) >= 11 is 0. The van der Waals surface area contributed by atoms with Crippen molar-refractivity contribution in [2.24, 2.45) is 0 Å². The van der Waals surface area contributed by atoms with E-state index >= 15 is 0 Å². The molecule has 2 N–H and O–H groups in total. The van der Waals surface area contributed by atoms with Gasteiger partial charge in [0.15, 0.2) is 0 Å². The normalized spacial score (nSPS) is 11.4. The summed E-state index contributed by atoms with van der Waals surface area (Å²) in [5.74, 6) is -1.05. The first-order valence-electron chi connectivity index (χ1n) is 5.03. The van der Waals surface area contributed by atoms with Gasteiger partial charge in [0.2, 0.25) is 0 Å². The molecule has 1 aromatic carbocycles. The van der Waals surface area contributed by atoms with Crippen LogP contribution >= 0.6 is 0 Å². The maximum absolute atomic E-state index is 10.3. The fourth-order valence-corrected chi connectivity index (χ4v) is 1.32. The summed E-state index contributed by atoms with van der Waals surface area (Å²) in [6.07, 6.45) is 0. The average molecular weight is 207 g/mol. The van der Waals surface area contributed by atoms with Crippen LogP contribution in [0.2, 0.25) is 0 Å². The lowest BCUT2D eigenvalue weighted by Crippen LogP contribution is -2.81. The van der Waals surface area contributed by atoms with Crippen molar-refractivity contribution in [2.75, 3.05) is 6.54 Å². The van der Waals surface area contributed by atoms with E-state index in [0.717, 1.165) is 5.69 Å². The van der Waals surface area contributed by atoms with Gasteiger partial charge in [0.05, 0.1) is 5.97 Å². The molecule has 1 aromatic rings. The predicted molar refractivity (Wildman–Crippen MR) is 56.6 cm³/mol. The molecule has 0 unspecified atom stereocenters. The Balaban J connectivity index is 2.69. The number of carboxylic acid groups (broad SMARTS) is 1. The fourth-order valence-electron chi connectivity index (χ4n) is 1.32. The van der Waals surface area contributed by atoms with Crippen molar-refractivity contribution in [2.45, 2.75) is 26.2 Å². The minimum absolute atomic E-state index is 0.0329. The molecule has 0 heterocycles. The number of carboxylic acids is 1. The molecule has 0 aliphatic carbocycles. The van der Waals surface area contributed by atoms with E-state index in [1.165, 1.54) is 5.56 Å². The molecule has 0 saturated carbocycles. The molecule has 3 heteroatoms. The van der Waals surface area contributed by atoms with Gasteiger partial charge in [-0.3, -0.25) is 0 Å². The SMILES string of the molecule is CC(C)(C)c1ccc([NH2+]CC(=O)[O-])cc1. The Labute approximate surface area is 90.1 Å². The first kappa shape index (κ1) is 11.7. The highest BCUT2D eigenvalue weighted by molar-refractivity contribution is 5.65. The molecule has 82 valence electrons. The van der Waals surface area contributed by atoms with Gasteiger partial charge in [-0.25, -0.2) is 0 Å². The molecule has 0 spiro atoms. The zero-order valence-corrected chi connectivity index (χ0v) is 9.41. The first-order chi connectivity index (χ1) is 6.89. The standard InChI is InChI=1S/C12H17NO2/c1-12(2,3)9-4-6-10(7-5-9)13-8-11(14)15/h4-7,13H,8H2,1-3H3,(H,14,15). The Morgan fingerprint density at radius 1 is 1.27 bits per heavy atom. The van der Waals surface area contributed by atoms with Gasteiger partial charge in [-0.15, -0.1) is 0 Å². The van der Waals surface area contributed by atoms with Gasteiger partial charge in [0, 0.05) is 0 Å². The van der Waals surface area contributed by atoms with E-state index in [-0.39, 0.29) is 12.0 Å². The average Bonchev–Trinajstić information content (AvgIpc) is 2.14. The molecule has 0 fully saturated rings. The summed E-state index contributed by atoms with van der Waals surface area (Å²) in [5, 5.41) is 11.9. The van der Waals surface area contributed by atoms with Crippen LogP contribution < -0.4 is 10.4 Å². The molecule has 0 saturated heterocycles. The largest absolute Gasteiger partial charge is 0.544 e. The second kappa shape index (κ2) is 4.45. The van der Waals surface area contributed by atoms with Crippen molar-refractivity contribution in [1.29, 1.82) is 0 Å². The van der Waals surface area contributed by atoms with Crippen molar-refractivity contribution in [3.63, 3.8) is 0 Å². The molecule has 0 radical (unpaired) electrons. The van der Waals surface area contributed by atoms with E-state index in [1.54, 1.807) is 5.32 Å². The Morgan fingerprint density at radius 3 is 2.20 bits per heavy atom. The Hall–Kier alpha value is -1.35. The van der Waals surface area contributed by atoms with Gasteiger partial charge in [-0.2, -0.15) is 0 Å². The summed E-state index contributed by atoms with van der Waals surface area (Å²) in [7, 11) is 0. The number of nitrogens with two attached hydrogens (primary N) is 1. The minimum Gasteiger partial charge on any atom is -0.544 e. The lowest BCUT2D eigenvalue weighted by Gasteiger charge is -2.18. The number of aliphatic carboxylic acids is 1. The monoisotopic (exact) mass is 207 g/mol. The van der Waals surface area contributed by atoms with Gasteiger partial charge in [0.1, 0.15) is 12.2 Å². The van der Waals surface area contributed by atoms with Crippen molar-refractivity contribution in [1.82, 2.24) is 0 Å². The van der Waals surface area contributed by atoms with E-state index in [4.69, 9.17) is 0 Å². The number of quaternary nitrogens is 1. The van der Waals surface area contributed by atoms with Gasteiger partial charge in [-0.05, 0) is 23.1 Å². The van der Waals surface area contributed by atoms with E-state index in [1.807, 2.05) is 24.3 Å². The van der Waals surface area contributed by atoms with Crippen LogP contribution in [0, 0.1) is 0 Å². The Kier molecular flexibility index (Phi) is 3.48. The van der Waals surface area contributed by atoms with Crippen molar-refractivity contribution in [3.05, 3.63) is 29.8 Å². The van der Waals surface area contributed by atoms with E-state index in [9.17, 15) is 9.90 Å². The highest BCUT2D eigenvalue weighted by atomic mass is 16.4. The van der Waals surface area contributed by atoms with Crippen LogP contribution in [0.25, 0.3) is 0 Å². The number of benzene rings is 1. The van der Waals surface area contributed by atoms with Crippen molar-refractivity contribution < 1.29 is 15.2 Å². The first-order valence-corrected chi connectivity index (χ1v) is 5.03. The van der Waals surface area contributed by atoms with Gasteiger partial charge < -0.3 is 15.2 Å². The maximum Gasteiger partial charge on any atom is 0.129 e. The second-order valence-electron chi connectivity index (χ2n) is 4.65. The number of hydrogen-bond donors (Lipinski definition) is 1. The van der Waals surface area contributed by atoms with E-state index in [0.29, 0.717) is 0 Å². The zero-order valence-electron chi connectivity index (χ0n) is 9.41. The van der Waals surface area contributed by atoms with Crippen LogP contribution in [-0.4, -0.2) is 12.5 Å². The summed E-state index contributed by atoms with van der Waals surface area (Å²) in [5.41, 5.74) is 2.30. The number of rotatable bonds is 3. The molecule has 0 aliphatic rings. The van der Waals surface area contributed by atoms with E-state index in [2.05, 4.69) is 20.8 Å².